The molecule has 0 bridgehead atoms. The van der Waals surface area contributed by atoms with Crippen molar-refractivity contribution < 1.29 is 13.2 Å². The maximum absolute atomic E-state index is 12.6. The lowest BCUT2D eigenvalue weighted by Crippen LogP contribution is -2.36. The topological polar surface area (TPSA) is 103 Å². The number of hydrogen-bond donors (Lipinski definition) is 1. The third-order valence-corrected chi connectivity index (χ3v) is 6.28. The van der Waals surface area contributed by atoms with E-state index in [1.54, 1.807) is 36.0 Å². The Morgan fingerprint density at radius 2 is 2.16 bits per heavy atom. The number of amides is 1. The number of aromatic nitrogens is 3. The zero-order chi connectivity index (χ0) is 17.8. The SMILES string of the molecule is Cn1c(C(=O)N[C@H]2CCS(=O)(=O)C2)cc2c(=O)n3ccccc3nc21. The molecule has 25 heavy (non-hydrogen) atoms. The van der Waals surface area contributed by atoms with Crippen molar-refractivity contribution in [3.8, 4) is 0 Å². The van der Waals surface area contributed by atoms with E-state index in [-0.39, 0.29) is 22.8 Å². The van der Waals surface area contributed by atoms with Gasteiger partial charge in [-0.25, -0.2) is 13.4 Å². The van der Waals surface area contributed by atoms with Crippen molar-refractivity contribution in [2.24, 2.45) is 7.05 Å². The molecule has 1 atom stereocenters. The molecule has 8 nitrogen and oxygen atoms in total. The number of carbonyl (C=O) groups excluding carboxylic acids is 1. The average molecular weight is 360 g/mol. The standard InChI is InChI=1S/C16H16N4O4S/c1-19-12(15(21)17-10-5-7-25(23,24)9-10)8-11-14(19)18-13-4-2-3-6-20(13)16(11)22/h2-4,6,8,10H,5,7,9H2,1H3,(H,17,21)/t10-/m0/s1. The molecule has 1 amide bonds. The minimum Gasteiger partial charge on any atom is -0.347 e. The Morgan fingerprint density at radius 1 is 1.36 bits per heavy atom. The van der Waals surface area contributed by atoms with E-state index < -0.39 is 21.8 Å². The summed E-state index contributed by atoms with van der Waals surface area (Å²) in [6.07, 6.45) is 2.03. The van der Waals surface area contributed by atoms with Crippen LogP contribution in [0.2, 0.25) is 0 Å². The molecule has 3 aromatic rings. The molecule has 0 spiro atoms. The lowest BCUT2D eigenvalue weighted by molar-refractivity contribution is 0.0933. The van der Waals surface area contributed by atoms with Gasteiger partial charge in [-0.2, -0.15) is 0 Å². The second-order valence-electron chi connectivity index (χ2n) is 6.25. The smallest absolute Gasteiger partial charge is 0.268 e. The van der Waals surface area contributed by atoms with Crippen molar-refractivity contribution in [1.29, 1.82) is 0 Å². The summed E-state index contributed by atoms with van der Waals surface area (Å²) in [6, 6.07) is 6.34. The molecular weight excluding hydrogens is 344 g/mol. The Kier molecular flexibility index (Phi) is 3.43. The van der Waals surface area contributed by atoms with Crippen LogP contribution in [0.4, 0.5) is 0 Å². The second kappa shape index (κ2) is 5.41. The van der Waals surface area contributed by atoms with Gasteiger partial charge < -0.3 is 9.88 Å². The van der Waals surface area contributed by atoms with Gasteiger partial charge in [0.2, 0.25) is 0 Å². The molecule has 4 heterocycles. The van der Waals surface area contributed by atoms with Crippen molar-refractivity contribution in [2.45, 2.75) is 12.5 Å². The highest BCUT2D eigenvalue weighted by Gasteiger charge is 2.30. The number of hydrogen-bond acceptors (Lipinski definition) is 5. The molecule has 1 N–H and O–H groups in total. The number of fused-ring (bicyclic) bond motifs is 2. The van der Waals surface area contributed by atoms with Crippen LogP contribution < -0.4 is 10.9 Å². The lowest BCUT2D eigenvalue weighted by Gasteiger charge is -2.11. The van der Waals surface area contributed by atoms with Crippen LogP contribution in [0.3, 0.4) is 0 Å². The molecule has 1 saturated heterocycles. The summed E-state index contributed by atoms with van der Waals surface area (Å²) in [7, 11) is -1.42. The minimum absolute atomic E-state index is 0.0481. The monoisotopic (exact) mass is 360 g/mol. The van der Waals surface area contributed by atoms with Crippen LogP contribution >= 0.6 is 0 Å². The summed E-state index contributed by atoms with van der Waals surface area (Å²) in [6.45, 7) is 0. The molecule has 130 valence electrons. The zero-order valence-corrected chi connectivity index (χ0v) is 14.3. The Labute approximate surface area is 143 Å². The molecule has 1 aliphatic heterocycles. The Balaban J connectivity index is 1.76. The van der Waals surface area contributed by atoms with E-state index in [4.69, 9.17) is 0 Å². The van der Waals surface area contributed by atoms with Crippen molar-refractivity contribution >= 4 is 32.4 Å². The van der Waals surface area contributed by atoms with Gasteiger partial charge in [-0.15, -0.1) is 0 Å². The van der Waals surface area contributed by atoms with Crippen LogP contribution in [-0.4, -0.2) is 45.8 Å². The maximum Gasteiger partial charge on any atom is 0.268 e. The molecule has 0 radical (unpaired) electrons. The lowest BCUT2D eigenvalue weighted by atomic mass is 10.2. The first-order valence-corrected chi connectivity index (χ1v) is 9.66. The molecule has 1 fully saturated rings. The highest BCUT2D eigenvalue weighted by molar-refractivity contribution is 7.91. The van der Waals surface area contributed by atoms with E-state index in [2.05, 4.69) is 10.3 Å². The molecule has 0 unspecified atom stereocenters. The van der Waals surface area contributed by atoms with Crippen molar-refractivity contribution in [1.82, 2.24) is 19.3 Å². The third kappa shape index (κ3) is 2.60. The van der Waals surface area contributed by atoms with E-state index in [9.17, 15) is 18.0 Å². The molecule has 9 heteroatoms. The van der Waals surface area contributed by atoms with Crippen LogP contribution in [0, 0.1) is 0 Å². The average Bonchev–Trinajstić information content (AvgIpc) is 3.08. The highest BCUT2D eigenvalue weighted by Crippen LogP contribution is 2.16. The molecular formula is C16H16N4O4S. The fourth-order valence-corrected chi connectivity index (χ4v) is 4.88. The quantitative estimate of drug-likeness (QED) is 0.698. The van der Waals surface area contributed by atoms with Gasteiger partial charge in [-0.3, -0.25) is 14.0 Å². The van der Waals surface area contributed by atoms with Crippen molar-refractivity contribution in [3.05, 3.63) is 46.5 Å². The largest absolute Gasteiger partial charge is 0.347 e. The van der Waals surface area contributed by atoms with Crippen molar-refractivity contribution in [3.63, 3.8) is 0 Å². The number of aryl methyl sites for hydroxylation is 1. The predicted octanol–water partition coefficient (Wildman–Crippen LogP) is 0.103. The number of sulfone groups is 1. The number of nitrogens with one attached hydrogen (secondary N) is 1. The van der Waals surface area contributed by atoms with Gasteiger partial charge >= 0.3 is 0 Å². The van der Waals surface area contributed by atoms with Crippen LogP contribution in [0.15, 0.2) is 35.3 Å². The highest BCUT2D eigenvalue weighted by atomic mass is 32.2. The van der Waals surface area contributed by atoms with Crippen LogP contribution in [0.25, 0.3) is 16.7 Å². The predicted molar refractivity (Wildman–Crippen MR) is 92.5 cm³/mol. The maximum atomic E-state index is 12.6. The Morgan fingerprint density at radius 3 is 2.88 bits per heavy atom. The van der Waals surface area contributed by atoms with Gasteiger partial charge in [0.05, 0.1) is 16.9 Å². The molecule has 0 aliphatic carbocycles. The summed E-state index contributed by atoms with van der Waals surface area (Å²) < 4.78 is 26.1. The summed E-state index contributed by atoms with van der Waals surface area (Å²) >= 11 is 0. The molecule has 1 aliphatic rings. The summed E-state index contributed by atoms with van der Waals surface area (Å²) in [5.74, 6) is -0.370. The summed E-state index contributed by atoms with van der Waals surface area (Å²) in [5.41, 5.74) is 0.939. The minimum atomic E-state index is -3.08. The number of pyridine rings is 1. The molecule has 3 aromatic heterocycles. The first kappa shape index (κ1) is 15.8. The van der Waals surface area contributed by atoms with Crippen molar-refractivity contribution in [2.75, 3.05) is 11.5 Å². The normalized spacial score (nSPS) is 19.5. The van der Waals surface area contributed by atoms with E-state index >= 15 is 0 Å². The van der Waals surface area contributed by atoms with Gasteiger partial charge in [-0.05, 0) is 24.6 Å². The van der Waals surface area contributed by atoms with Gasteiger partial charge in [-0.1, -0.05) is 6.07 Å². The van der Waals surface area contributed by atoms with Gasteiger partial charge in [0, 0.05) is 19.3 Å². The Bertz CT molecular complexity index is 1180. The van der Waals surface area contributed by atoms with E-state index in [1.165, 1.54) is 10.5 Å². The van der Waals surface area contributed by atoms with Crippen LogP contribution in [0.1, 0.15) is 16.9 Å². The zero-order valence-electron chi connectivity index (χ0n) is 13.5. The van der Waals surface area contributed by atoms with Gasteiger partial charge in [0.1, 0.15) is 17.0 Å². The number of carbonyl (C=O) groups is 1. The molecule has 0 saturated carbocycles. The van der Waals surface area contributed by atoms with Gasteiger partial charge in [0.15, 0.2) is 9.84 Å². The van der Waals surface area contributed by atoms with E-state index in [1.807, 2.05) is 0 Å². The fourth-order valence-electron chi connectivity index (χ4n) is 3.21. The van der Waals surface area contributed by atoms with Crippen LogP contribution in [0.5, 0.6) is 0 Å². The Hall–Kier alpha value is -2.68. The summed E-state index contributed by atoms with van der Waals surface area (Å²) in [5, 5.41) is 3.08. The second-order valence-corrected chi connectivity index (χ2v) is 8.47. The first-order chi connectivity index (χ1) is 11.9. The van der Waals surface area contributed by atoms with Crippen LogP contribution in [-0.2, 0) is 16.9 Å². The molecule has 0 aromatic carbocycles. The van der Waals surface area contributed by atoms with Gasteiger partial charge in [0.25, 0.3) is 11.5 Å². The fraction of sp³-hybridized carbons (Fsp3) is 0.312. The number of nitrogens with zero attached hydrogens (tertiary/aromatic N) is 3. The number of rotatable bonds is 2. The summed E-state index contributed by atoms with van der Waals surface area (Å²) in [4.78, 5) is 29.6. The van der Waals surface area contributed by atoms with E-state index in [0.29, 0.717) is 23.1 Å². The molecule has 4 rings (SSSR count). The first-order valence-electron chi connectivity index (χ1n) is 7.84. The van der Waals surface area contributed by atoms with E-state index in [0.717, 1.165) is 0 Å². The third-order valence-electron chi connectivity index (χ3n) is 4.51.